The second kappa shape index (κ2) is 8.57. The molecule has 4 rings (SSSR count). The van der Waals surface area contributed by atoms with Gasteiger partial charge in [-0.05, 0) is 62.8 Å². The summed E-state index contributed by atoms with van der Waals surface area (Å²) in [5, 5.41) is 19.5. The lowest BCUT2D eigenvalue weighted by Crippen LogP contribution is -2.43. The maximum absolute atomic E-state index is 12.8. The summed E-state index contributed by atoms with van der Waals surface area (Å²) in [4.78, 5) is 11.9. The molecule has 32 heavy (non-hydrogen) atoms. The summed E-state index contributed by atoms with van der Waals surface area (Å²) in [5.74, 6) is 0.198. The zero-order chi connectivity index (χ0) is 23.0. The number of alkyl halides is 3. The second-order valence-electron chi connectivity index (χ2n) is 8.75. The van der Waals surface area contributed by atoms with E-state index in [1.807, 2.05) is 0 Å². The zero-order valence-electron chi connectivity index (χ0n) is 17.7. The molecule has 10 heteroatoms. The van der Waals surface area contributed by atoms with Crippen molar-refractivity contribution < 1.29 is 18.0 Å². The first-order valence-corrected chi connectivity index (χ1v) is 10.8. The lowest BCUT2D eigenvalue weighted by molar-refractivity contribution is -0.137. The van der Waals surface area contributed by atoms with Crippen molar-refractivity contribution in [2.45, 2.75) is 63.3 Å². The Morgan fingerprint density at radius 2 is 1.91 bits per heavy atom. The summed E-state index contributed by atoms with van der Waals surface area (Å²) >= 11 is 0. The number of aromatic nitrogens is 2. The smallest absolute Gasteiger partial charge is 0.365 e. The molecule has 1 aromatic heterocycles. The number of anilines is 2. The highest BCUT2D eigenvalue weighted by Gasteiger charge is 2.33. The number of primary amides is 1. The minimum Gasteiger partial charge on any atom is -0.365 e. The summed E-state index contributed by atoms with van der Waals surface area (Å²) in [6, 6.07) is 4.87. The van der Waals surface area contributed by atoms with Crippen molar-refractivity contribution in [3.63, 3.8) is 0 Å². The van der Waals surface area contributed by atoms with Crippen LogP contribution in [0.2, 0.25) is 0 Å². The van der Waals surface area contributed by atoms with Gasteiger partial charge in [0.2, 0.25) is 0 Å². The number of hydrogen-bond donors (Lipinski definition) is 4. The maximum Gasteiger partial charge on any atom is 0.416 e. The minimum absolute atomic E-state index is 0.125. The predicted octanol–water partition coefficient (Wildman–Crippen LogP) is 4.25. The third kappa shape index (κ3) is 4.95. The number of benzene rings is 1. The van der Waals surface area contributed by atoms with E-state index in [2.05, 4.69) is 22.7 Å². The van der Waals surface area contributed by atoms with Gasteiger partial charge in [-0.3, -0.25) is 9.48 Å². The summed E-state index contributed by atoms with van der Waals surface area (Å²) in [6.07, 6.45) is 1.80. The molecule has 0 spiro atoms. The molecule has 0 bridgehead atoms. The Kier molecular flexibility index (Phi) is 5.98. The number of amides is 1. The van der Waals surface area contributed by atoms with Crippen molar-refractivity contribution >= 4 is 23.1 Å². The van der Waals surface area contributed by atoms with Crippen molar-refractivity contribution in [3.8, 4) is 0 Å². The van der Waals surface area contributed by atoms with Crippen LogP contribution < -0.4 is 16.4 Å². The van der Waals surface area contributed by atoms with E-state index in [-0.39, 0.29) is 23.5 Å². The molecule has 0 radical (unpaired) electrons. The predicted molar refractivity (Wildman–Crippen MR) is 115 cm³/mol. The molecule has 2 saturated carbocycles. The minimum atomic E-state index is -4.43. The number of nitrogens with two attached hydrogens (primary N) is 1. The van der Waals surface area contributed by atoms with Crippen LogP contribution in [0.15, 0.2) is 30.5 Å². The summed E-state index contributed by atoms with van der Waals surface area (Å²) in [5.41, 5.74) is 5.73. The van der Waals surface area contributed by atoms with Crippen LogP contribution >= 0.6 is 0 Å². The molecule has 2 aliphatic rings. The Labute approximate surface area is 184 Å². The Hall–Kier alpha value is -2.88. The highest BCUT2D eigenvalue weighted by Crippen LogP contribution is 2.34. The number of carbonyl (C=O) groups excluding carboxylic acids is 1. The standard InChI is InChI=1S/C22H27F3N6O/c1-12(13-2-3-13)28-16-8-9-19(18(26)10-16)31-11-17(20(27)32)21(30-31)29-15-6-4-14(5-7-15)22(23,24)25/h4-7,11-13,16,19,26,28H,2-3,8-10H2,1H3,(H2,27,32)(H,29,30)/t12-,16+,19-/m0/s1. The molecule has 5 N–H and O–H groups in total. The first kappa shape index (κ1) is 22.3. The van der Waals surface area contributed by atoms with Crippen molar-refractivity contribution in [2.75, 3.05) is 5.32 Å². The first-order valence-electron chi connectivity index (χ1n) is 10.8. The Bertz CT molecular complexity index is 996. The number of nitrogens with one attached hydrogen (secondary N) is 3. The van der Waals surface area contributed by atoms with Gasteiger partial charge >= 0.3 is 6.18 Å². The monoisotopic (exact) mass is 448 g/mol. The first-order chi connectivity index (χ1) is 15.1. The molecular weight excluding hydrogens is 421 g/mol. The Morgan fingerprint density at radius 3 is 2.47 bits per heavy atom. The van der Waals surface area contributed by atoms with Crippen LogP contribution in [0.5, 0.6) is 0 Å². The van der Waals surface area contributed by atoms with E-state index >= 15 is 0 Å². The fourth-order valence-corrected chi connectivity index (χ4v) is 4.28. The fourth-order valence-electron chi connectivity index (χ4n) is 4.28. The largest absolute Gasteiger partial charge is 0.416 e. The lowest BCUT2D eigenvalue weighted by atomic mass is 9.89. The van der Waals surface area contributed by atoms with Gasteiger partial charge in [-0.15, -0.1) is 0 Å². The van der Waals surface area contributed by atoms with Gasteiger partial charge in [-0.25, -0.2) is 0 Å². The highest BCUT2D eigenvalue weighted by molar-refractivity contribution is 5.98. The van der Waals surface area contributed by atoms with Crippen LogP contribution in [-0.2, 0) is 6.18 Å². The van der Waals surface area contributed by atoms with E-state index in [0.717, 1.165) is 24.5 Å². The fraction of sp³-hybridized carbons (Fsp3) is 0.500. The third-order valence-electron chi connectivity index (χ3n) is 6.28. The third-order valence-corrected chi connectivity index (χ3v) is 6.28. The van der Waals surface area contributed by atoms with Gasteiger partial charge in [0, 0.05) is 36.1 Å². The molecule has 0 aliphatic heterocycles. The van der Waals surface area contributed by atoms with Gasteiger partial charge in [-0.1, -0.05) is 0 Å². The van der Waals surface area contributed by atoms with Crippen molar-refractivity contribution in [3.05, 3.63) is 41.6 Å². The molecule has 2 fully saturated rings. The van der Waals surface area contributed by atoms with Crippen LogP contribution in [0.4, 0.5) is 24.7 Å². The average Bonchev–Trinajstić information content (AvgIpc) is 3.49. The molecule has 1 heterocycles. The summed E-state index contributed by atoms with van der Waals surface area (Å²) < 4.78 is 39.9. The van der Waals surface area contributed by atoms with Crippen LogP contribution in [0.3, 0.4) is 0 Å². The average molecular weight is 448 g/mol. The van der Waals surface area contributed by atoms with E-state index in [0.29, 0.717) is 30.3 Å². The normalized spacial score (nSPS) is 22.6. The molecule has 2 aromatic rings. The van der Waals surface area contributed by atoms with Gasteiger partial charge < -0.3 is 21.8 Å². The number of carbonyl (C=O) groups is 1. The van der Waals surface area contributed by atoms with Crippen molar-refractivity contribution in [1.29, 1.82) is 5.41 Å². The SMILES string of the molecule is C[C@H](N[C@@H]1CC[C@H](n2cc(C(N)=O)c(Nc3ccc(C(F)(F)F)cc3)n2)C(=N)C1)C1CC1. The van der Waals surface area contributed by atoms with Crippen molar-refractivity contribution in [2.24, 2.45) is 11.7 Å². The Balaban J connectivity index is 1.47. The van der Waals surface area contributed by atoms with E-state index in [4.69, 9.17) is 11.1 Å². The van der Waals surface area contributed by atoms with Crippen LogP contribution in [0.1, 0.15) is 61.0 Å². The topological polar surface area (TPSA) is 109 Å². The van der Waals surface area contributed by atoms with Gasteiger partial charge in [0.25, 0.3) is 5.91 Å². The van der Waals surface area contributed by atoms with E-state index in [1.165, 1.54) is 31.2 Å². The van der Waals surface area contributed by atoms with Gasteiger partial charge in [0.05, 0.1) is 11.6 Å². The maximum atomic E-state index is 12.8. The number of nitrogens with zero attached hydrogens (tertiary/aromatic N) is 2. The highest BCUT2D eigenvalue weighted by atomic mass is 19.4. The number of halogens is 3. The molecule has 2 aliphatic carbocycles. The second-order valence-corrected chi connectivity index (χ2v) is 8.75. The number of hydrogen-bond acceptors (Lipinski definition) is 5. The Morgan fingerprint density at radius 1 is 1.22 bits per heavy atom. The van der Waals surface area contributed by atoms with E-state index in [9.17, 15) is 18.0 Å². The van der Waals surface area contributed by atoms with Crippen molar-refractivity contribution in [1.82, 2.24) is 15.1 Å². The molecular formula is C22H27F3N6O. The molecule has 1 amide bonds. The van der Waals surface area contributed by atoms with Gasteiger partial charge in [0.1, 0.15) is 5.56 Å². The molecule has 7 nitrogen and oxygen atoms in total. The molecule has 172 valence electrons. The van der Waals surface area contributed by atoms with Gasteiger partial charge in [-0.2, -0.15) is 18.3 Å². The molecule has 0 unspecified atom stereocenters. The zero-order valence-corrected chi connectivity index (χ0v) is 17.7. The summed E-state index contributed by atoms with van der Waals surface area (Å²) in [7, 11) is 0. The molecule has 3 atom stereocenters. The van der Waals surface area contributed by atoms with Crippen LogP contribution in [0.25, 0.3) is 0 Å². The van der Waals surface area contributed by atoms with E-state index < -0.39 is 17.6 Å². The summed E-state index contributed by atoms with van der Waals surface area (Å²) in [6.45, 7) is 2.19. The van der Waals surface area contributed by atoms with Gasteiger partial charge in [0.15, 0.2) is 5.82 Å². The van der Waals surface area contributed by atoms with E-state index in [1.54, 1.807) is 4.68 Å². The van der Waals surface area contributed by atoms with Crippen LogP contribution in [0, 0.1) is 11.3 Å². The molecule has 0 saturated heterocycles. The molecule has 1 aromatic carbocycles. The number of rotatable bonds is 7. The lowest BCUT2D eigenvalue weighted by Gasteiger charge is -2.32. The van der Waals surface area contributed by atoms with Crippen LogP contribution in [-0.4, -0.2) is 33.5 Å². The quantitative estimate of drug-likeness (QED) is 0.508.